The number of carbonyl (C=O) groups excluding carboxylic acids is 1. The maximum absolute atomic E-state index is 11.9. The molecule has 2 aliphatic rings. The van der Waals surface area contributed by atoms with Crippen LogP contribution in [0.4, 0.5) is 5.69 Å². The number of anilines is 1. The van der Waals surface area contributed by atoms with E-state index in [1.54, 1.807) is 18.5 Å². The summed E-state index contributed by atoms with van der Waals surface area (Å²) in [5, 5.41) is 3.35. The molecule has 4 rings (SSSR count). The van der Waals surface area contributed by atoms with Crippen LogP contribution in [0.1, 0.15) is 41.1 Å². The standard InChI is InChI=1S/C21H24N2O4/c1-25-21(24)18-6-8-22-12-19(18)23-11-15-7-9-26-20-10-16(4-5-17(15)20)27-13-14-2-3-14/h4-6,8,10,12,14-15,23H,2-3,7,9,11,13H2,1H3. The van der Waals surface area contributed by atoms with Gasteiger partial charge in [0, 0.05) is 24.7 Å². The van der Waals surface area contributed by atoms with Gasteiger partial charge in [-0.1, -0.05) is 6.07 Å². The number of esters is 1. The van der Waals surface area contributed by atoms with Gasteiger partial charge in [-0.05, 0) is 42.9 Å². The van der Waals surface area contributed by atoms with Gasteiger partial charge in [0.05, 0.1) is 37.8 Å². The van der Waals surface area contributed by atoms with Crippen LogP contribution in [0, 0.1) is 5.92 Å². The summed E-state index contributed by atoms with van der Waals surface area (Å²) in [5.41, 5.74) is 2.33. The molecule has 1 aliphatic carbocycles. The first-order valence-corrected chi connectivity index (χ1v) is 9.40. The van der Waals surface area contributed by atoms with Gasteiger partial charge >= 0.3 is 5.97 Å². The first kappa shape index (κ1) is 17.6. The molecule has 2 aromatic rings. The molecule has 1 fully saturated rings. The lowest BCUT2D eigenvalue weighted by atomic mass is 9.93. The van der Waals surface area contributed by atoms with Gasteiger partial charge < -0.3 is 19.5 Å². The molecule has 0 spiro atoms. The van der Waals surface area contributed by atoms with Crippen LogP contribution in [0.2, 0.25) is 0 Å². The number of ether oxygens (including phenoxy) is 3. The maximum atomic E-state index is 11.9. The minimum Gasteiger partial charge on any atom is -0.493 e. The molecule has 6 nitrogen and oxygen atoms in total. The number of hydrogen-bond acceptors (Lipinski definition) is 6. The number of pyridine rings is 1. The number of benzene rings is 1. The van der Waals surface area contributed by atoms with Crippen LogP contribution >= 0.6 is 0 Å². The first-order valence-electron chi connectivity index (χ1n) is 9.40. The van der Waals surface area contributed by atoms with Gasteiger partial charge in [-0.3, -0.25) is 4.98 Å². The Balaban J connectivity index is 1.44. The van der Waals surface area contributed by atoms with Crippen molar-refractivity contribution in [3.8, 4) is 11.5 Å². The highest BCUT2D eigenvalue weighted by atomic mass is 16.5. The monoisotopic (exact) mass is 368 g/mol. The van der Waals surface area contributed by atoms with Crippen LogP contribution in [-0.4, -0.2) is 37.8 Å². The van der Waals surface area contributed by atoms with Crippen LogP contribution in [0.15, 0.2) is 36.7 Å². The van der Waals surface area contributed by atoms with Crippen LogP contribution in [-0.2, 0) is 4.74 Å². The molecule has 2 heterocycles. The molecule has 27 heavy (non-hydrogen) atoms. The zero-order chi connectivity index (χ0) is 18.6. The van der Waals surface area contributed by atoms with Gasteiger partial charge in [0.15, 0.2) is 0 Å². The maximum Gasteiger partial charge on any atom is 0.340 e. The van der Waals surface area contributed by atoms with E-state index >= 15 is 0 Å². The average molecular weight is 368 g/mol. The summed E-state index contributed by atoms with van der Waals surface area (Å²) < 4.78 is 16.6. The van der Waals surface area contributed by atoms with E-state index in [1.807, 2.05) is 12.1 Å². The molecule has 142 valence electrons. The van der Waals surface area contributed by atoms with Gasteiger partial charge in [0.1, 0.15) is 11.5 Å². The van der Waals surface area contributed by atoms with Crippen LogP contribution in [0.5, 0.6) is 11.5 Å². The largest absolute Gasteiger partial charge is 0.493 e. The van der Waals surface area contributed by atoms with Crippen molar-refractivity contribution in [3.63, 3.8) is 0 Å². The lowest BCUT2D eigenvalue weighted by molar-refractivity contribution is 0.0601. The lowest BCUT2D eigenvalue weighted by Gasteiger charge is -2.27. The second-order valence-electron chi connectivity index (χ2n) is 7.08. The van der Waals surface area contributed by atoms with Gasteiger partial charge in [-0.15, -0.1) is 0 Å². The predicted molar refractivity (Wildman–Crippen MR) is 102 cm³/mol. The number of methoxy groups -OCH3 is 1. The number of fused-ring (bicyclic) bond motifs is 1. The lowest BCUT2D eigenvalue weighted by Crippen LogP contribution is -2.21. The van der Waals surface area contributed by atoms with Crippen molar-refractivity contribution in [2.24, 2.45) is 5.92 Å². The van der Waals surface area contributed by atoms with E-state index in [1.165, 1.54) is 20.0 Å². The Morgan fingerprint density at radius 1 is 1.30 bits per heavy atom. The van der Waals surface area contributed by atoms with Crippen molar-refractivity contribution >= 4 is 11.7 Å². The van der Waals surface area contributed by atoms with E-state index < -0.39 is 0 Å². The smallest absolute Gasteiger partial charge is 0.340 e. The van der Waals surface area contributed by atoms with E-state index in [0.717, 1.165) is 36.0 Å². The third-order valence-electron chi connectivity index (χ3n) is 5.10. The van der Waals surface area contributed by atoms with Crippen LogP contribution < -0.4 is 14.8 Å². The number of nitrogens with zero attached hydrogens (tertiary/aromatic N) is 1. The topological polar surface area (TPSA) is 69.7 Å². The van der Waals surface area contributed by atoms with Gasteiger partial charge in [-0.25, -0.2) is 4.79 Å². The van der Waals surface area contributed by atoms with Crippen molar-refractivity contribution in [1.82, 2.24) is 4.98 Å². The number of rotatable bonds is 7. The first-order chi connectivity index (χ1) is 13.2. The number of hydrogen-bond donors (Lipinski definition) is 1. The number of nitrogens with one attached hydrogen (secondary N) is 1. The summed E-state index contributed by atoms with van der Waals surface area (Å²) in [6.45, 7) is 2.15. The summed E-state index contributed by atoms with van der Waals surface area (Å²) in [4.78, 5) is 16.0. The predicted octanol–water partition coefficient (Wildman–Crippen LogP) is 3.64. The van der Waals surface area contributed by atoms with Gasteiger partial charge in [0.25, 0.3) is 0 Å². The molecule has 1 aliphatic heterocycles. The van der Waals surface area contributed by atoms with Gasteiger partial charge in [0.2, 0.25) is 0 Å². The number of carbonyl (C=O) groups is 1. The van der Waals surface area contributed by atoms with Crippen molar-refractivity contribution in [2.75, 3.05) is 32.2 Å². The Labute approximate surface area is 158 Å². The summed E-state index contributed by atoms with van der Waals surface area (Å²) in [6.07, 6.45) is 6.70. The minimum absolute atomic E-state index is 0.289. The molecule has 1 aromatic carbocycles. The van der Waals surface area contributed by atoms with E-state index in [9.17, 15) is 4.79 Å². The summed E-state index contributed by atoms with van der Waals surface area (Å²) in [6, 6.07) is 7.77. The summed E-state index contributed by atoms with van der Waals surface area (Å²) in [7, 11) is 1.38. The molecule has 0 amide bonds. The highest BCUT2D eigenvalue weighted by Crippen LogP contribution is 2.37. The Hall–Kier alpha value is -2.76. The number of aromatic nitrogens is 1. The Morgan fingerprint density at radius 3 is 3.00 bits per heavy atom. The average Bonchev–Trinajstić information content (AvgIpc) is 3.54. The molecule has 1 atom stereocenters. The van der Waals surface area contributed by atoms with E-state index in [4.69, 9.17) is 14.2 Å². The SMILES string of the molecule is COC(=O)c1ccncc1NCC1CCOc2cc(OCC3CC3)ccc21. The third-order valence-corrected chi connectivity index (χ3v) is 5.10. The molecule has 1 unspecified atom stereocenters. The van der Waals surface area contributed by atoms with Crippen molar-refractivity contribution in [1.29, 1.82) is 0 Å². The molecule has 1 aromatic heterocycles. The van der Waals surface area contributed by atoms with E-state index in [-0.39, 0.29) is 11.9 Å². The second kappa shape index (κ2) is 7.86. The zero-order valence-electron chi connectivity index (χ0n) is 15.4. The van der Waals surface area contributed by atoms with Gasteiger partial charge in [-0.2, -0.15) is 0 Å². The molecule has 0 radical (unpaired) electrons. The van der Waals surface area contributed by atoms with Crippen molar-refractivity contribution in [2.45, 2.75) is 25.2 Å². The third kappa shape index (κ3) is 4.15. The second-order valence-corrected chi connectivity index (χ2v) is 7.08. The van der Waals surface area contributed by atoms with Crippen molar-refractivity contribution < 1.29 is 19.0 Å². The van der Waals surface area contributed by atoms with Crippen molar-refractivity contribution in [3.05, 3.63) is 47.8 Å². The molecular weight excluding hydrogens is 344 g/mol. The molecule has 1 saturated carbocycles. The normalized spacial score (nSPS) is 18.2. The minimum atomic E-state index is -0.371. The fraction of sp³-hybridized carbons (Fsp3) is 0.429. The Morgan fingerprint density at radius 2 is 2.19 bits per heavy atom. The zero-order valence-corrected chi connectivity index (χ0v) is 15.4. The fourth-order valence-electron chi connectivity index (χ4n) is 3.30. The van der Waals surface area contributed by atoms with E-state index in [0.29, 0.717) is 24.4 Å². The summed E-state index contributed by atoms with van der Waals surface area (Å²) >= 11 is 0. The van der Waals surface area contributed by atoms with Crippen LogP contribution in [0.3, 0.4) is 0 Å². The molecular formula is C21H24N2O4. The van der Waals surface area contributed by atoms with E-state index in [2.05, 4.69) is 16.4 Å². The molecule has 0 bridgehead atoms. The molecule has 1 N–H and O–H groups in total. The van der Waals surface area contributed by atoms with Crippen LogP contribution in [0.25, 0.3) is 0 Å². The fourth-order valence-corrected chi connectivity index (χ4v) is 3.30. The highest BCUT2D eigenvalue weighted by Gasteiger charge is 2.24. The molecule has 0 saturated heterocycles. The Kier molecular flexibility index (Phi) is 5.14. The summed E-state index contributed by atoms with van der Waals surface area (Å²) in [5.74, 6) is 2.40. The molecule has 6 heteroatoms. The quantitative estimate of drug-likeness (QED) is 0.753. The highest BCUT2D eigenvalue weighted by molar-refractivity contribution is 5.95. The Bertz CT molecular complexity index is 820.